The minimum Gasteiger partial charge on any atom is -0.508 e. The maximum Gasteiger partial charge on any atom is 0.233 e. The second-order valence-corrected chi connectivity index (χ2v) is 11.2. The number of phenols is 2. The van der Waals surface area contributed by atoms with E-state index in [1.54, 1.807) is 35.2 Å². The number of aliphatic hydroxyl groups excluding tert-OH is 3. The zero-order valence-electron chi connectivity index (χ0n) is 24.0. The van der Waals surface area contributed by atoms with Crippen molar-refractivity contribution in [3.63, 3.8) is 0 Å². The summed E-state index contributed by atoms with van der Waals surface area (Å²) in [5.74, 6) is -1.63. The summed E-state index contributed by atoms with van der Waals surface area (Å²) in [5.41, 5.74) is 3.19. The third-order valence-electron chi connectivity index (χ3n) is 8.29. The first-order valence-corrected chi connectivity index (χ1v) is 14.5. The number of nitrogens with zero attached hydrogens (tertiary/aromatic N) is 1. The van der Waals surface area contributed by atoms with E-state index in [0.717, 1.165) is 11.8 Å². The molecule has 10 heteroatoms. The fourth-order valence-corrected chi connectivity index (χ4v) is 5.93. The van der Waals surface area contributed by atoms with E-state index in [1.165, 1.54) is 24.3 Å². The zero-order valence-corrected chi connectivity index (χ0v) is 24.0. The SMILES string of the molecule is O=C1[C@H](CC[C@H](O[C@@H]2OC=C(O)C(O)C2O)c2ccc(F)cc2)[C@@H](c2ccc(-c3cccc(O)c3)cc2O)N1c1ccccc1. The zero-order chi connectivity index (χ0) is 31.7. The predicted octanol–water partition coefficient (Wildman–Crippen LogP) is 5.62. The number of carbonyl (C=O) groups excluding carboxylic acids is 1. The van der Waals surface area contributed by atoms with Gasteiger partial charge in [0.05, 0.1) is 18.1 Å². The van der Waals surface area contributed by atoms with Gasteiger partial charge in [-0.2, -0.15) is 0 Å². The number of rotatable bonds is 9. The number of hydrogen-bond donors (Lipinski definition) is 5. The van der Waals surface area contributed by atoms with Gasteiger partial charge in [-0.15, -0.1) is 0 Å². The molecule has 9 nitrogen and oxygen atoms in total. The molecule has 0 bridgehead atoms. The first-order chi connectivity index (χ1) is 21.7. The summed E-state index contributed by atoms with van der Waals surface area (Å²) in [6, 6.07) is 26.1. The fourth-order valence-electron chi connectivity index (χ4n) is 5.93. The van der Waals surface area contributed by atoms with Crippen LogP contribution in [0.1, 0.15) is 36.1 Å². The number of hydrogen-bond acceptors (Lipinski definition) is 8. The van der Waals surface area contributed by atoms with E-state index in [4.69, 9.17) is 9.47 Å². The van der Waals surface area contributed by atoms with E-state index in [-0.39, 0.29) is 30.2 Å². The number of aliphatic hydroxyl groups is 3. The van der Waals surface area contributed by atoms with E-state index in [0.29, 0.717) is 22.4 Å². The van der Waals surface area contributed by atoms with E-state index < -0.39 is 48.1 Å². The number of carbonyl (C=O) groups is 1. The van der Waals surface area contributed by atoms with Crippen LogP contribution in [-0.2, 0) is 14.3 Å². The summed E-state index contributed by atoms with van der Waals surface area (Å²) in [5, 5.41) is 51.4. The topological polar surface area (TPSA) is 140 Å². The van der Waals surface area contributed by atoms with Crippen LogP contribution in [0.15, 0.2) is 109 Å². The number of anilines is 1. The Morgan fingerprint density at radius 3 is 2.31 bits per heavy atom. The van der Waals surface area contributed by atoms with Gasteiger partial charge in [0.25, 0.3) is 0 Å². The van der Waals surface area contributed by atoms with Crippen LogP contribution in [-0.4, -0.2) is 49.9 Å². The molecule has 2 aliphatic heterocycles. The molecular weight excluding hydrogens is 581 g/mol. The lowest BCUT2D eigenvalue weighted by atomic mass is 9.77. The van der Waals surface area contributed by atoms with Crippen molar-refractivity contribution in [3.8, 4) is 22.6 Å². The van der Waals surface area contributed by atoms with Crippen LogP contribution in [0.3, 0.4) is 0 Å². The van der Waals surface area contributed by atoms with Gasteiger partial charge in [0.15, 0.2) is 5.76 Å². The van der Waals surface area contributed by atoms with Crippen molar-refractivity contribution < 1.29 is 44.2 Å². The molecule has 0 aromatic heterocycles. The molecule has 6 rings (SSSR count). The molecule has 6 atom stereocenters. The smallest absolute Gasteiger partial charge is 0.233 e. The molecule has 2 heterocycles. The Morgan fingerprint density at radius 2 is 1.60 bits per heavy atom. The van der Waals surface area contributed by atoms with Crippen LogP contribution in [0.5, 0.6) is 11.5 Å². The minimum absolute atomic E-state index is 0.00933. The molecule has 4 aromatic carbocycles. The van der Waals surface area contributed by atoms with Crippen LogP contribution >= 0.6 is 0 Å². The third-order valence-corrected chi connectivity index (χ3v) is 8.29. The molecule has 1 fully saturated rings. The van der Waals surface area contributed by atoms with Gasteiger partial charge in [0.1, 0.15) is 35.8 Å². The van der Waals surface area contributed by atoms with E-state index in [2.05, 4.69) is 0 Å². The summed E-state index contributed by atoms with van der Waals surface area (Å²) in [4.78, 5) is 15.3. The molecule has 0 saturated carbocycles. The highest BCUT2D eigenvalue weighted by Gasteiger charge is 2.49. The Hall–Kier alpha value is -4.90. The van der Waals surface area contributed by atoms with Gasteiger partial charge in [0.2, 0.25) is 12.2 Å². The lowest BCUT2D eigenvalue weighted by Gasteiger charge is -2.48. The molecule has 0 spiro atoms. The molecule has 0 aliphatic carbocycles. The molecule has 1 saturated heterocycles. The van der Waals surface area contributed by atoms with Gasteiger partial charge in [-0.1, -0.05) is 54.6 Å². The van der Waals surface area contributed by atoms with Crippen LogP contribution in [0.25, 0.3) is 11.1 Å². The van der Waals surface area contributed by atoms with Crippen LogP contribution in [0.2, 0.25) is 0 Å². The van der Waals surface area contributed by atoms with Crippen molar-refractivity contribution in [2.75, 3.05) is 4.90 Å². The lowest BCUT2D eigenvalue weighted by molar-refractivity contribution is -0.227. The number of para-hydroxylation sites is 1. The maximum atomic E-state index is 13.8. The summed E-state index contributed by atoms with van der Waals surface area (Å²) < 4.78 is 25.1. The number of halogens is 1. The molecule has 2 unspecified atom stereocenters. The molecular formula is C35H32FNO8. The highest BCUT2D eigenvalue weighted by molar-refractivity contribution is 6.03. The number of aromatic hydroxyl groups is 2. The minimum atomic E-state index is -1.61. The number of β-lactam (4-membered cyclic amide) rings is 1. The van der Waals surface area contributed by atoms with Gasteiger partial charge < -0.3 is 39.9 Å². The van der Waals surface area contributed by atoms with E-state index >= 15 is 0 Å². The van der Waals surface area contributed by atoms with Gasteiger partial charge in [-0.3, -0.25) is 4.79 Å². The van der Waals surface area contributed by atoms with Crippen molar-refractivity contribution in [2.45, 2.75) is 43.5 Å². The number of ether oxygens (including phenoxy) is 2. The second kappa shape index (κ2) is 12.6. The van der Waals surface area contributed by atoms with Crippen molar-refractivity contribution in [2.24, 2.45) is 5.92 Å². The molecule has 4 aromatic rings. The van der Waals surface area contributed by atoms with Crippen molar-refractivity contribution in [3.05, 3.63) is 126 Å². The quantitative estimate of drug-likeness (QED) is 0.153. The highest BCUT2D eigenvalue weighted by Crippen LogP contribution is 2.49. The molecule has 45 heavy (non-hydrogen) atoms. The Kier molecular flexibility index (Phi) is 8.44. The summed E-state index contributed by atoms with van der Waals surface area (Å²) >= 11 is 0. The molecule has 2 aliphatic rings. The van der Waals surface area contributed by atoms with Crippen molar-refractivity contribution in [1.82, 2.24) is 0 Å². The normalized spacial score (nSPS) is 23.5. The van der Waals surface area contributed by atoms with Crippen LogP contribution < -0.4 is 4.90 Å². The maximum absolute atomic E-state index is 13.8. The first-order valence-electron chi connectivity index (χ1n) is 14.5. The largest absolute Gasteiger partial charge is 0.508 e. The average molecular weight is 614 g/mol. The number of amides is 1. The number of benzene rings is 4. The third kappa shape index (κ3) is 6.08. The second-order valence-electron chi connectivity index (χ2n) is 11.2. The highest BCUT2D eigenvalue weighted by atomic mass is 19.1. The van der Waals surface area contributed by atoms with Gasteiger partial charge >= 0.3 is 0 Å². The monoisotopic (exact) mass is 613 g/mol. The van der Waals surface area contributed by atoms with Crippen LogP contribution in [0.4, 0.5) is 10.1 Å². The Labute approximate surface area is 258 Å². The van der Waals surface area contributed by atoms with E-state index in [1.807, 2.05) is 42.5 Å². The van der Waals surface area contributed by atoms with E-state index in [9.17, 15) is 34.7 Å². The standard InChI is InChI=1S/C35H32FNO8/c36-23-12-9-20(10-13-23)30(45-35-33(42)32(41)29(40)19-44-35)16-15-27-31(37(34(27)43)24-6-2-1-3-7-24)26-14-11-22(18-28(26)39)21-5-4-8-25(38)17-21/h1-14,17-19,27,30-33,35,38-42H,15-16H2/t27-,30+,31-,32?,33?,35+/m1/s1. The predicted molar refractivity (Wildman–Crippen MR) is 162 cm³/mol. The molecule has 1 amide bonds. The fraction of sp³-hybridized carbons (Fsp3) is 0.229. The summed E-state index contributed by atoms with van der Waals surface area (Å²) in [6.45, 7) is 0. The Bertz CT molecular complexity index is 1700. The van der Waals surface area contributed by atoms with Gasteiger partial charge in [-0.25, -0.2) is 4.39 Å². The summed E-state index contributed by atoms with van der Waals surface area (Å²) in [7, 11) is 0. The van der Waals surface area contributed by atoms with Gasteiger partial charge in [0, 0.05) is 11.3 Å². The van der Waals surface area contributed by atoms with Crippen molar-refractivity contribution in [1.29, 1.82) is 0 Å². The Morgan fingerprint density at radius 1 is 0.867 bits per heavy atom. The van der Waals surface area contributed by atoms with Crippen LogP contribution in [0, 0.1) is 11.7 Å². The summed E-state index contributed by atoms with van der Waals surface area (Å²) in [6.07, 6.45) is -3.90. The lowest BCUT2D eigenvalue weighted by Crippen LogP contribution is -2.55. The molecule has 232 valence electrons. The van der Waals surface area contributed by atoms with Gasteiger partial charge in [-0.05, 0) is 72.0 Å². The molecule has 5 N–H and O–H groups in total. The number of phenolic OH excluding ortho intramolecular Hbond substituents is 2. The first kappa shape index (κ1) is 30.1. The molecule has 0 radical (unpaired) electrons. The average Bonchev–Trinajstić information content (AvgIpc) is 3.04. The van der Waals surface area contributed by atoms with Crippen molar-refractivity contribution >= 4 is 11.6 Å². The Balaban J connectivity index is 1.29.